The zero-order chi connectivity index (χ0) is 25.1. The number of Topliss-reactive ketones (excluding diaryl/α,β-unsaturated/α-hetero) is 1. The molecule has 178 valence electrons. The Hall–Kier alpha value is -4.39. The lowest BCUT2D eigenvalue weighted by molar-refractivity contribution is -0.136. The van der Waals surface area contributed by atoms with Crippen molar-refractivity contribution in [3.63, 3.8) is 0 Å². The average Bonchev–Trinajstić information content (AvgIpc) is 3.14. The molecule has 1 unspecified atom stereocenters. The summed E-state index contributed by atoms with van der Waals surface area (Å²) < 4.78 is 5.36. The molecule has 0 bridgehead atoms. The van der Waals surface area contributed by atoms with Crippen LogP contribution in [0.15, 0.2) is 78.4 Å². The molecule has 35 heavy (non-hydrogen) atoms. The van der Waals surface area contributed by atoms with Crippen molar-refractivity contribution in [3.05, 3.63) is 101 Å². The van der Waals surface area contributed by atoms with Crippen molar-refractivity contribution in [3.8, 4) is 5.75 Å². The van der Waals surface area contributed by atoms with E-state index in [2.05, 4.69) is 0 Å². The highest BCUT2D eigenvalue weighted by atomic mass is 16.5. The largest absolute Gasteiger partial charge is 0.507 e. The molecule has 7 nitrogen and oxygen atoms in total. The molecule has 4 rings (SSSR count). The standard InChI is InChI=1S/C28H25NO6/c1-3-17-8-12-19(13-9-17)25-24(26(32)21-6-4-5-7-22(21)35-2)27(33)28(34)29(25)20-14-10-18(11-15-20)16-23(30)31/h4-15,25,32H,3,16H2,1-2H3,(H,30,31)/b26-24-. The summed E-state index contributed by atoms with van der Waals surface area (Å²) in [7, 11) is 1.46. The quantitative estimate of drug-likeness (QED) is 0.299. The number of aryl methyl sites for hydroxylation is 1. The molecule has 1 heterocycles. The van der Waals surface area contributed by atoms with E-state index in [1.807, 2.05) is 31.2 Å². The molecule has 3 aromatic carbocycles. The number of para-hydroxylation sites is 1. The molecule has 0 radical (unpaired) electrons. The maximum atomic E-state index is 13.3. The van der Waals surface area contributed by atoms with Gasteiger partial charge in [0.1, 0.15) is 11.5 Å². The molecule has 0 spiro atoms. The zero-order valence-electron chi connectivity index (χ0n) is 19.4. The highest BCUT2D eigenvalue weighted by Gasteiger charge is 2.47. The third-order valence-electron chi connectivity index (χ3n) is 6.08. The van der Waals surface area contributed by atoms with Crippen LogP contribution in [0.25, 0.3) is 5.76 Å². The van der Waals surface area contributed by atoms with Crippen molar-refractivity contribution in [2.45, 2.75) is 25.8 Å². The van der Waals surface area contributed by atoms with Gasteiger partial charge in [0.05, 0.1) is 30.7 Å². The molecule has 1 aliphatic heterocycles. The Labute approximate surface area is 202 Å². The van der Waals surface area contributed by atoms with E-state index in [0.717, 1.165) is 12.0 Å². The predicted octanol–water partition coefficient (Wildman–Crippen LogP) is 4.51. The summed E-state index contributed by atoms with van der Waals surface area (Å²) in [6, 6.07) is 19.8. The van der Waals surface area contributed by atoms with Crippen molar-refractivity contribution in [2.75, 3.05) is 12.0 Å². The third kappa shape index (κ3) is 4.53. The molecule has 0 aromatic heterocycles. The fourth-order valence-electron chi connectivity index (χ4n) is 4.28. The maximum Gasteiger partial charge on any atom is 0.307 e. The Balaban J connectivity index is 1.89. The average molecular weight is 472 g/mol. The van der Waals surface area contributed by atoms with E-state index in [0.29, 0.717) is 28.1 Å². The lowest BCUT2D eigenvalue weighted by atomic mass is 9.94. The topological polar surface area (TPSA) is 104 Å². The Morgan fingerprint density at radius 3 is 2.14 bits per heavy atom. The van der Waals surface area contributed by atoms with Gasteiger partial charge in [-0.15, -0.1) is 0 Å². The van der Waals surface area contributed by atoms with Crippen molar-refractivity contribution in [1.82, 2.24) is 0 Å². The zero-order valence-corrected chi connectivity index (χ0v) is 19.4. The number of hydrogen-bond acceptors (Lipinski definition) is 5. The lowest BCUT2D eigenvalue weighted by Crippen LogP contribution is -2.29. The van der Waals surface area contributed by atoms with Gasteiger partial charge < -0.3 is 14.9 Å². The van der Waals surface area contributed by atoms with Crippen LogP contribution in [0.5, 0.6) is 5.75 Å². The van der Waals surface area contributed by atoms with Crippen LogP contribution in [0.4, 0.5) is 5.69 Å². The molecule has 7 heteroatoms. The molecule has 0 saturated carbocycles. The van der Waals surface area contributed by atoms with Gasteiger partial charge in [-0.1, -0.05) is 55.5 Å². The Bertz CT molecular complexity index is 1310. The summed E-state index contributed by atoms with van der Waals surface area (Å²) in [4.78, 5) is 39.0. The summed E-state index contributed by atoms with van der Waals surface area (Å²) in [5.74, 6) is -2.51. The Morgan fingerprint density at radius 2 is 1.54 bits per heavy atom. The summed E-state index contributed by atoms with van der Waals surface area (Å²) >= 11 is 0. The van der Waals surface area contributed by atoms with Gasteiger partial charge in [-0.05, 0) is 47.4 Å². The number of aliphatic hydroxyl groups excluding tert-OH is 1. The first-order valence-electron chi connectivity index (χ1n) is 11.2. The summed E-state index contributed by atoms with van der Waals surface area (Å²) in [5, 5.41) is 20.3. The fraction of sp³-hybridized carbons (Fsp3) is 0.179. The van der Waals surface area contributed by atoms with Gasteiger partial charge in [0.2, 0.25) is 0 Å². The van der Waals surface area contributed by atoms with Crippen molar-refractivity contribution >= 4 is 29.1 Å². The second-order valence-corrected chi connectivity index (χ2v) is 8.20. The minimum absolute atomic E-state index is 0.0432. The summed E-state index contributed by atoms with van der Waals surface area (Å²) in [6.45, 7) is 2.03. The second kappa shape index (κ2) is 9.85. The third-order valence-corrected chi connectivity index (χ3v) is 6.08. The van der Waals surface area contributed by atoms with E-state index < -0.39 is 23.7 Å². The van der Waals surface area contributed by atoms with Crippen LogP contribution in [-0.2, 0) is 27.2 Å². The number of ether oxygens (including phenoxy) is 1. The number of nitrogens with zero attached hydrogens (tertiary/aromatic N) is 1. The number of benzene rings is 3. The van der Waals surface area contributed by atoms with Crippen LogP contribution >= 0.6 is 0 Å². The minimum atomic E-state index is -0.967. The molecule has 0 aliphatic carbocycles. The molecule has 3 aromatic rings. The van der Waals surface area contributed by atoms with Gasteiger partial charge in [0.15, 0.2) is 0 Å². The van der Waals surface area contributed by atoms with E-state index in [9.17, 15) is 19.5 Å². The van der Waals surface area contributed by atoms with E-state index in [4.69, 9.17) is 9.84 Å². The van der Waals surface area contributed by atoms with Crippen LogP contribution < -0.4 is 9.64 Å². The SMILES string of the molecule is CCc1ccc(C2/C(=C(/O)c3ccccc3OC)C(=O)C(=O)N2c2ccc(CC(=O)O)cc2)cc1. The number of anilines is 1. The molecule has 2 N–H and O–H groups in total. The van der Waals surface area contributed by atoms with Crippen LogP contribution in [-0.4, -0.2) is 35.0 Å². The highest BCUT2D eigenvalue weighted by molar-refractivity contribution is 6.51. The first kappa shape index (κ1) is 23.8. The normalized spacial score (nSPS) is 17.0. The van der Waals surface area contributed by atoms with Gasteiger partial charge >= 0.3 is 5.97 Å². The van der Waals surface area contributed by atoms with Gasteiger partial charge in [-0.2, -0.15) is 0 Å². The van der Waals surface area contributed by atoms with E-state index >= 15 is 0 Å². The van der Waals surface area contributed by atoms with Crippen molar-refractivity contribution in [2.24, 2.45) is 0 Å². The van der Waals surface area contributed by atoms with Crippen LogP contribution in [0, 0.1) is 0 Å². The number of amides is 1. The second-order valence-electron chi connectivity index (χ2n) is 8.20. The minimum Gasteiger partial charge on any atom is -0.507 e. The number of aliphatic hydroxyl groups is 1. The fourth-order valence-corrected chi connectivity index (χ4v) is 4.28. The van der Waals surface area contributed by atoms with E-state index in [1.165, 1.54) is 12.0 Å². The van der Waals surface area contributed by atoms with E-state index in [-0.39, 0.29) is 17.8 Å². The van der Waals surface area contributed by atoms with Gasteiger partial charge in [0, 0.05) is 5.69 Å². The number of carboxylic acids is 1. The first-order chi connectivity index (χ1) is 16.8. The number of aliphatic carboxylic acids is 1. The molecular formula is C28H25NO6. The Morgan fingerprint density at radius 1 is 0.914 bits per heavy atom. The molecule has 1 saturated heterocycles. The monoisotopic (exact) mass is 471 g/mol. The first-order valence-corrected chi connectivity index (χ1v) is 11.2. The number of carbonyl (C=O) groups excluding carboxylic acids is 2. The smallest absolute Gasteiger partial charge is 0.307 e. The van der Waals surface area contributed by atoms with Crippen LogP contribution in [0.1, 0.15) is 35.2 Å². The molecule has 1 aliphatic rings. The van der Waals surface area contributed by atoms with Crippen molar-refractivity contribution < 1.29 is 29.3 Å². The van der Waals surface area contributed by atoms with Gasteiger partial charge in [-0.25, -0.2) is 0 Å². The Kier molecular flexibility index (Phi) is 6.68. The number of ketones is 1. The van der Waals surface area contributed by atoms with E-state index in [1.54, 1.807) is 48.5 Å². The number of hydrogen-bond donors (Lipinski definition) is 2. The number of carboxylic acid groups (broad SMARTS) is 1. The van der Waals surface area contributed by atoms with Crippen LogP contribution in [0.2, 0.25) is 0 Å². The summed E-state index contributed by atoms with van der Waals surface area (Å²) in [6.07, 6.45) is 0.668. The molecular weight excluding hydrogens is 446 g/mol. The lowest BCUT2D eigenvalue weighted by Gasteiger charge is -2.26. The molecule has 1 atom stereocenters. The summed E-state index contributed by atoms with van der Waals surface area (Å²) in [5.41, 5.74) is 3.00. The predicted molar refractivity (Wildman–Crippen MR) is 131 cm³/mol. The van der Waals surface area contributed by atoms with Crippen LogP contribution in [0.3, 0.4) is 0 Å². The van der Waals surface area contributed by atoms with Gasteiger partial charge in [0.25, 0.3) is 11.7 Å². The molecule has 1 fully saturated rings. The van der Waals surface area contributed by atoms with Gasteiger partial charge in [-0.3, -0.25) is 19.3 Å². The number of rotatable bonds is 7. The number of methoxy groups -OCH3 is 1. The number of carbonyl (C=O) groups is 3. The molecule has 1 amide bonds. The van der Waals surface area contributed by atoms with Crippen molar-refractivity contribution in [1.29, 1.82) is 0 Å². The maximum absolute atomic E-state index is 13.3. The highest BCUT2D eigenvalue weighted by Crippen LogP contribution is 2.43.